The summed E-state index contributed by atoms with van der Waals surface area (Å²) in [6, 6.07) is 22.1. The molecule has 0 fully saturated rings. The lowest BCUT2D eigenvalue weighted by Crippen LogP contribution is -2.23. The van der Waals surface area contributed by atoms with Gasteiger partial charge in [0.2, 0.25) is 11.8 Å². The Hall–Kier alpha value is -3.93. The predicted molar refractivity (Wildman–Crippen MR) is 123 cm³/mol. The summed E-state index contributed by atoms with van der Waals surface area (Å²) in [7, 11) is 1.74. The highest BCUT2D eigenvalue weighted by atomic mass is 16.2. The number of pyridine rings is 1. The van der Waals surface area contributed by atoms with Crippen molar-refractivity contribution in [2.24, 2.45) is 0 Å². The zero-order valence-electron chi connectivity index (χ0n) is 17.5. The van der Waals surface area contributed by atoms with Gasteiger partial charge in [0.05, 0.1) is 11.0 Å². The Morgan fingerprint density at radius 1 is 0.903 bits per heavy atom. The van der Waals surface area contributed by atoms with Crippen LogP contribution in [0.2, 0.25) is 0 Å². The molecule has 2 amide bonds. The van der Waals surface area contributed by atoms with Gasteiger partial charge in [0.1, 0.15) is 6.54 Å². The second kappa shape index (κ2) is 8.44. The van der Waals surface area contributed by atoms with Gasteiger partial charge in [0, 0.05) is 37.0 Å². The van der Waals surface area contributed by atoms with E-state index in [4.69, 9.17) is 0 Å². The van der Waals surface area contributed by atoms with Crippen molar-refractivity contribution in [3.63, 3.8) is 0 Å². The maximum absolute atomic E-state index is 12.9. The lowest BCUT2D eigenvalue weighted by molar-refractivity contribution is -0.128. The van der Waals surface area contributed by atoms with Crippen molar-refractivity contribution >= 4 is 39.3 Å². The van der Waals surface area contributed by atoms with Crippen LogP contribution in [0.4, 0.5) is 5.69 Å². The molecule has 0 bridgehead atoms. The van der Waals surface area contributed by atoms with Gasteiger partial charge in [-0.2, -0.15) is 0 Å². The molecule has 31 heavy (non-hydrogen) atoms. The highest BCUT2D eigenvalue weighted by Crippen LogP contribution is 2.20. The smallest absolute Gasteiger partial charge is 0.244 e. The molecule has 1 heterocycles. The maximum Gasteiger partial charge on any atom is 0.244 e. The van der Waals surface area contributed by atoms with Crippen LogP contribution in [0.15, 0.2) is 77.6 Å². The number of hydrogen-bond donors (Lipinski definition) is 1. The van der Waals surface area contributed by atoms with Crippen molar-refractivity contribution in [1.29, 1.82) is 0 Å². The number of amides is 2. The summed E-state index contributed by atoms with van der Waals surface area (Å²) >= 11 is 0. The Labute approximate surface area is 179 Å². The number of nitrogens with zero attached hydrogens (tertiary/aromatic N) is 2. The Balaban J connectivity index is 1.64. The number of rotatable bonds is 5. The molecule has 6 nitrogen and oxygen atoms in total. The molecule has 0 atom stereocenters. The summed E-state index contributed by atoms with van der Waals surface area (Å²) in [5.41, 5.74) is 2.99. The Morgan fingerprint density at radius 2 is 1.52 bits per heavy atom. The van der Waals surface area contributed by atoms with Crippen LogP contribution in [0, 0.1) is 0 Å². The number of hydrogen-bond acceptors (Lipinski definition) is 3. The molecule has 6 heteroatoms. The SMILES string of the molecule is CC(=O)N(C)Cc1cccc(NC(=O)Cn2c3ccccc3c(=O)c3ccccc32)c1. The van der Waals surface area contributed by atoms with Gasteiger partial charge in [-0.3, -0.25) is 14.4 Å². The number of aromatic nitrogens is 1. The van der Waals surface area contributed by atoms with E-state index in [1.165, 1.54) is 6.92 Å². The fourth-order valence-electron chi connectivity index (χ4n) is 3.72. The third-order valence-electron chi connectivity index (χ3n) is 5.35. The lowest BCUT2D eigenvalue weighted by Gasteiger charge is -2.17. The number of nitrogens with one attached hydrogen (secondary N) is 1. The molecule has 3 aromatic carbocycles. The van der Waals surface area contributed by atoms with E-state index in [0.717, 1.165) is 16.6 Å². The largest absolute Gasteiger partial charge is 0.342 e. The van der Waals surface area contributed by atoms with Crippen molar-refractivity contribution < 1.29 is 9.59 Å². The maximum atomic E-state index is 12.9. The van der Waals surface area contributed by atoms with Crippen LogP contribution in [0.5, 0.6) is 0 Å². The van der Waals surface area contributed by atoms with E-state index in [0.29, 0.717) is 23.0 Å². The fraction of sp³-hybridized carbons (Fsp3) is 0.160. The molecular weight excluding hydrogens is 390 g/mol. The molecule has 0 unspecified atom stereocenters. The van der Waals surface area contributed by atoms with Gasteiger partial charge < -0.3 is 14.8 Å². The van der Waals surface area contributed by atoms with Crippen molar-refractivity contribution in [1.82, 2.24) is 9.47 Å². The molecule has 1 aromatic heterocycles. The predicted octanol–water partition coefficient (Wildman–Crippen LogP) is 3.77. The van der Waals surface area contributed by atoms with Crippen LogP contribution in [0.25, 0.3) is 21.8 Å². The van der Waals surface area contributed by atoms with Gasteiger partial charge in [0.15, 0.2) is 5.43 Å². The first kappa shape index (κ1) is 20.3. The molecule has 0 spiro atoms. The van der Waals surface area contributed by atoms with Crippen molar-refractivity contribution in [2.75, 3.05) is 12.4 Å². The normalized spacial score (nSPS) is 10.9. The highest BCUT2D eigenvalue weighted by Gasteiger charge is 2.13. The van der Waals surface area contributed by atoms with Gasteiger partial charge >= 0.3 is 0 Å². The topological polar surface area (TPSA) is 71.4 Å². The summed E-state index contributed by atoms with van der Waals surface area (Å²) in [5, 5.41) is 4.11. The number of fused-ring (bicyclic) bond motifs is 2. The van der Waals surface area contributed by atoms with Crippen LogP contribution in [0.1, 0.15) is 12.5 Å². The molecule has 0 aliphatic rings. The minimum Gasteiger partial charge on any atom is -0.342 e. The second-order valence-corrected chi connectivity index (χ2v) is 7.57. The van der Waals surface area contributed by atoms with Crippen LogP contribution in [-0.4, -0.2) is 28.3 Å². The number of carbonyl (C=O) groups is 2. The van der Waals surface area contributed by atoms with E-state index in [1.807, 2.05) is 65.2 Å². The first-order chi connectivity index (χ1) is 14.9. The van der Waals surface area contributed by atoms with Crippen LogP contribution in [0.3, 0.4) is 0 Å². The number of para-hydroxylation sites is 2. The summed E-state index contributed by atoms with van der Waals surface area (Å²) < 4.78 is 1.87. The number of carbonyl (C=O) groups excluding carboxylic acids is 2. The van der Waals surface area contributed by atoms with Crippen molar-refractivity contribution in [3.05, 3.63) is 88.6 Å². The molecule has 0 aliphatic heterocycles. The van der Waals surface area contributed by atoms with Crippen LogP contribution >= 0.6 is 0 Å². The van der Waals surface area contributed by atoms with Gasteiger partial charge in [-0.05, 0) is 42.0 Å². The molecule has 156 valence electrons. The zero-order chi connectivity index (χ0) is 22.0. The summed E-state index contributed by atoms with van der Waals surface area (Å²) in [6.45, 7) is 2.05. The van der Waals surface area contributed by atoms with E-state index in [1.54, 1.807) is 24.1 Å². The molecular formula is C25H23N3O3. The van der Waals surface area contributed by atoms with Gasteiger partial charge in [0.25, 0.3) is 0 Å². The van der Waals surface area contributed by atoms with E-state index in [9.17, 15) is 14.4 Å². The van der Waals surface area contributed by atoms with E-state index in [2.05, 4.69) is 5.32 Å². The van der Waals surface area contributed by atoms with Crippen molar-refractivity contribution in [2.45, 2.75) is 20.0 Å². The molecule has 4 aromatic rings. The molecule has 1 N–H and O–H groups in total. The van der Waals surface area contributed by atoms with Gasteiger partial charge in [-0.15, -0.1) is 0 Å². The van der Waals surface area contributed by atoms with Gasteiger partial charge in [-0.1, -0.05) is 36.4 Å². The molecule has 0 saturated heterocycles. The summed E-state index contributed by atoms with van der Waals surface area (Å²) in [4.78, 5) is 38.9. The first-order valence-electron chi connectivity index (χ1n) is 10.0. The first-order valence-corrected chi connectivity index (χ1v) is 10.0. The number of benzene rings is 3. The third kappa shape index (κ3) is 4.19. The third-order valence-corrected chi connectivity index (χ3v) is 5.35. The molecule has 0 aliphatic carbocycles. The van der Waals surface area contributed by atoms with Crippen LogP contribution < -0.4 is 10.7 Å². The minimum atomic E-state index is -0.198. The minimum absolute atomic E-state index is 0.0218. The van der Waals surface area contributed by atoms with Crippen LogP contribution in [-0.2, 0) is 22.7 Å². The average Bonchev–Trinajstić information content (AvgIpc) is 2.77. The van der Waals surface area contributed by atoms with Crippen molar-refractivity contribution in [3.8, 4) is 0 Å². The molecule has 0 radical (unpaired) electrons. The average molecular weight is 413 g/mol. The Morgan fingerprint density at radius 3 is 2.13 bits per heavy atom. The fourth-order valence-corrected chi connectivity index (χ4v) is 3.72. The second-order valence-electron chi connectivity index (χ2n) is 7.57. The van der Waals surface area contributed by atoms with E-state index < -0.39 is 0 Å². The molecule has 4 rings (SSSR count). The van der Waals surface area contributed by atoms with Gasteiger partial charge in [-0.25, -0.2) is 0 Å². The Bertz CT molecular complexity index is 1300. The number of anilines is 1. The summed E-state index contributed by atoms with van der Waals surface area (Å²) in [5.74, 6) is -0.220. The zero-order valence-corrected chi connectivity index (χ0v) is 17.5. The Kier molecular flexibility index (Phi) is 5.54. The summed E-state index contributed by atoms with van der Waals surface area (Å²) in [6.07, 6.45) is 0. The monoisotopic (exact) mass is 413 g/mol. The quantitative estimate of drug-likeness (QED) is 0.506. The van der Waals surface area contributed by atoms with E-state index in [-0.39, 0.29) is 23.8 Å². The molecule has 0 saturated carbocycles. The lowest BCUT2D eigenvalue weighted by atomic mass is 10.1. The highest BCUT2D eigenvalue weighted by molar-refractivity contribution is 5.97. The standard InChI is InChI=1S/C25H23N3O3/c1-17(29)27(2)15-18-8-7-9-19(14-18)26-24(30)16-28-22-12-5-3-10-20(22)25(31)21-11-4-6-13-23(21)28/h3-14H,15-16H2,1-2H3,(H,26,30). The van der Waals surface area contributed by atoms with E-state index >= 15 is 0 Å².